The van der Waals surface area contributed by atoms with E-state index in [0.717, 1.165) is 16.6 Å². The number of rotatable bonds is 5. The third kappa shape index (κ3) is 3.71. The maximum absolute atomic E-state index is 11.7. The number of carbonyl (C=O) groups excluding carboxylic acids is 1. The van der Waals surface area contributed by atoms with Crippen molar-refractivity contribution in [3.05, 3.63) is 47.8 Å². The molecular weight excluding hydrogens is 308 g/mol. The first-order valence-electron chi connectivity index (χ1n) is 6.07. The van der Waals surface area contributed by atoms with Crippen LogP contribution >= 0.6 is 23.1 Å². The number of aromatic nitrogens is 2. The number of esters is 1. The molecule has 2 aromatic heterocycles. The summed E-state index contributed by atoms with van der Waals surface area (Å²) in [5.74, 6) is 0.736. The average Bonchev–Trinajstić information content (AvgIpc) is 3.17. The number of hydrogen-bond acceptors (Lipinski definition) is 7. The molecule has 3 aromatic rings. The number of ether oxygens (including phenoxy) is 1. The second-order valence-electron chi connectivity index (χ2n) is 3.93. The molecule has 0 bridgehead atoms. The van der Waals surface area contributed by atoms with Crippen LogP contribution in [0.4, 0.5) is 0 Å². The maximum atomic E-state index is 11.7. The highest BCUT2D eigenvalue weighted by Gasteiger charge is 2.12. The van der Waals surface area contributed by atoms with Gasteiger partial charge in [-0.25, -0.2) is 0 Å². The van der Waals surface area contributed by atoms with Crippen LogP contribution in [0.5, 0.6) is 5.75 Å². The van der Waals surface area contributed by atoms with Gasteiger partial charge in [0.1, 0.15) is 11.5 Å². The van der Waals surface area contributed by atoms with Crippen LogP contribution < -0.4 is 4.74 Å². The van der Waals surface area contributed by atoms with Gasteiger partial charge in [-0.1, -0.05) is 36.0 Å². The minimum Gasteiger partial charge on any atom is -0.426 e. The first-order valence-corrected chi connectivity index (χ1v) is 7.94. The Bertz CT molecular complexity index is 711. The smallest absolute Gasteiger partial charge is 0.321 e. The molecule has 7 heteroatoms. The van der Waals surface area contributed by atoms with Crippen molar-refractivity contribution in [1.82, 2.24) is 10.2 Å². The van der Waals surface area contributed by atoms with Gasteiger partial charge in [-0.15, -0.1) is 21.5 Å². The Morgan fingerprint density at radius 3 is 2.81 bits per heavy atom. The number of nitrogens with zero attached hydrogens (tertiary/aromatic N) is 2. The summed E-state index contributed by atoms with van der Waals surface area (Å²) in [6.07, 6.45) is 0. The summed E-state index contributed by atoms with van der Waals surface area (Å²) in [5, 5.41) is 10.1. The summed E-state index contributed by atoms with van der Waals surface area (Å²) < 4.78 is 10.6. The van der Waals surface area contributed by atoms with E-state index in [4.69, 9.17) is 9.15 Å². The summed E-state index contributed by atoms with van der Waals surface area (Å²) in [4.78, 5) is 12.6. The molecule has 21 heavy (non-hydrogen) atoms. The number of benzene rings is 1. The zero-order valence-electron chi connectivity index (χ0n) is 10.8. The summed E-state index contributed by atoms with van der Waals surface area (Å²) >= 11 is 2.67. The van der Waals surface area contributed by atoms with Gasteiger partial charge in [-0.05, 0) is 23.6 Å². The second kappa shape index (κ2) is 6.55. The lowest BCUT2D eigenvalue weighted by molar-refractivity contribution is -0.131. The standard InChI is InChI=1S/C14H10N2O3S2/c17-12(18-10-5-2-1-3-6-10)9-21-14-16-15-13(19-14)11-7-4-8-20-11/h1-8H,9H2. The van der Waals surface area contributed by atoms with Crippen molar-refractivity contribution in [3.63, 3.8) is 0 Å². The number of para-hydroxylation sites is 1. The average molecular weight is 318 g/mol. The Morgan fingerprint density at radius 2 is 2.05 bits per heavy atom. The van der Waals surface area contributed by atoms with Gasteiger partial charge in [0.05, 0.1) is 4.88 Å². The van der Waals surface area contributed by atoms with Crippen LogP contribution in [0.3, 0.4) is 0 Å². The zero-order valence-corrected chi connectivity index (χ0v) is 12.4. The number of hydrogen-bond donors (Lipinski definition) is 0. The highest BCUT2D eigenvalue weighted by Crippen LogP contribution is 2.26. The van der Waals surface area contributed by atoms with Gasteiger partial charge in [0.25, 0.3) is 11.1 Å². The van der Waals surface area contributed by atoms with E-state index in [0.29, 0.717) is 16.9 Å². The molecule has 0 aliphatic carbocycles. The van der Waals surface area contributed by atoms with Gasteiger partial charge in [0, 0.05) is 0 Å². The molecule has 0 unspecified atom stereocenters. The van der Waals surface area contributed by atoms with Crippen molar-refractivity contribution in [2.45, 2.75) is 5.22 Å². The molecule has 0 fully saturated rings. The maximum Gasteiger partial charge on any atom is 0.321 e. The van der Waals surface area contributed by atoms with Crippen molar-refractivity contribution >= 4 is 29.1 Å². The second-order valence-corrected chi connectivity index (χ2v) is 5.80. The first kappa shape index (κ1) is 13.8. The predicted molar refractivity (Wildman–Crippen MR) is 80.4 cm³/mol. The fraction of sp³-hybridized carbons (Fsp3) is 0.0714. The van der Waals surface area contributed by atoms with E-state index >= 15 is 0 Å². The van der Waals surface area contributed by atoms with E-state index in [1.165, 1.54) is 11.3 Å². The van der Waals surface area contributed by atoms with Crippen molar-refractivity contribution in [3.8, 4) is 16.5 Å². The normalized spacial score (nSPS) is 10.5. The lowest BCUT2D eigenvalue weighted by Crippen LogP contribution is -2.10. The summed E-state index contributed by atoms with van der Waals surface area (Å²) in [5.41, 5.74) is 0. The summed E-state index contributed by atoms with van der Waals surface area (Å²) in [6.45, 7) is 0. The molecule has 0 radical (unpaired) electrons. The molecule has 0 spiro atoms. The van der Waals surface area contributed by atoms with E-state index < -0.39 is 0 Å². The minimum atomic E-state index is -0.359. The van der Waals surface area contributed by atoms with Crippen LogP contribution in [0.15, 0.2) is 57.5 Å². The van der Waals surface area contributed by atoms with Crippen molar-refractivity contribution in [2.75, 3.05) is 5.75 Å². The van der Waals surface area contributed by atoms with Crippen molar-refractivity contribution in [1.29, 1.82) is 0 Å². The third-order valence-electron chi connectivity index (χ3n) is 2.43. The number of thioether (sulfide) groups is 1. The van der Waals surface area contributed by atoms with Gasteiger partial charge in [0.15, 0.2) is 0 Å². The molecule has 106 valence electrons. The molecular formula is C14H10N2O3S2. The quantitative estimate of drug-likeness (QED) is 0.407. The Balaban J connectivity index is 1.54. The van der Waals surface area contributed by atoms with E-state index in [2.05, 4.69) is 10.2 Å². The summed E-state index contributed by atoms with van der Waals surface area (Å²) in [7, 11) is 0. The van der Waals surface area contributed by atoms with Crippen LogP contribution in [0.25, 0.3) is 10.8 Å². The SMILES string of the molecule is O=C(CSc1nnc(-c2cccs2)o1)Oc1ccccc1. The van der Waals surface area contributed by atoms with Crippen LogP contribution in [-0.2, 0) is 4.79 Å². The van der Waals surface area contributed by atoms with Crippen LogP contribution in [0.1, 0.15) is 0 Å². The van der Waals surface area contributed by atoms with Gasteiger partial charge >= 0.3 is 5.97 Å². The monoisotopic (exact) mass is 318 g/mol. The van der Waals surface area contributed by atoms with E-state index in [1.54, 1.807) is 24.3 Å². The lowest BCUT2D eigenvalue weighted by atomic mass is 10.3. The Morgan fingerprint density at radius 1 is 1.19 bits per heavy atom. The van der Waals surface area contributed by atoms with Crippen molar-refractivity contribution in [2.24, 2.45) is 0 Å². The van der Waals surface area contributed by atoms with Crippen LogP contribution in [-0.4, -0.2) is 21.9 Å². The molecule has 0 N–H and O–H groups in total. The number of thiophene rings is 1. The molecule has 0 saturated carbocycles. The zero-order chi connectivity index (χ0) is 14.5. The Labute approximate surface area is 129 Å². The Kier molecular flexibility index (Phi) is 4.32. The topological polar surface area (TPSA) is 65.2 Å². The lowest BCUT2D eigenvalue weighted by Gasteiger charge is -2.01. The highest BCUT2D eigenvalue weighted by atomic mass is 32.2. The molecule has 0 atom stereocenters. The molecule has 3 rings (SSSR count). The first-order chi connectivity index (χ1) is 10.3. The molecule has 5 nitrogen and oxygen atoms in total. The third-order valence-corrected chi connectivity index (χ3v) is 4.08. The molecule has 0 saturated heterocycles. The molecule has 0 aliphatic heterocycles. The van der Waals surface area contributed by atoms with Gasteiger partial charge in [-0.3, -0.25) is 4.79 Å². The minimum absolute atomic E-state index is 0.112. The van der Waals surface area contributed by atoms with Gasteiger partial charge in [-0.2, -0.15) is 0 Å². The van der Waals surface area contributed by atoms with Gasteiger partial charge < -0.3 is 9.15 Å². The number of carbonyl (C=O) groups is 1. The van der Waals surface area contributed by atoms with Crippen molar-refractivity contribution < 1.29 is 13.9 Å². The predicted octanol–water partition coefficient (Wildman–Crippen LogP) is 3.50. The molecule has 0 amide bonds. The highest BCUT2D eigenvalue weighted by molar-refractivity contribution is 7.99. The van der Waals surface area contributed by atoms with E-state index in [-0.39, 0.29) is 11.7 Å². The van der Waals surface area contributed by atoms with E-state index in [9.17, 15) is 4.79 Å². The fourth-order valence-electron chi connectivity index (χ4n) is 1.54. The largest absolute Gasteiger partial charge is 0.426 e. The molecule has 2 heterocycles. The summed E-state index contributed by atoms with van der Waals surface area (Å²) in [6, 6.07) is 12.7. The van der Waals surface area contributed by atoms with Crippen LogP contribution in [0, 0.1) is 0 Å². The van der Waals surface area contributed by atoms with Crippen LogP contribution in [0.2, 0.25) is 0 Å². The molecule has 1 aromatic carbocycles. The van der Waals surface area contributed by atoms with E-state index in [1.807, 2.05) is 23.6 Å². The van der Waals surface area contributed by atoms with Gasteiger partial charge in [0.2, 0.25) is 0 Å². The fourth-order valence-corrected chi connectivity index (χ4v) is 2.72. The molecule has 0 aliphatic rings. The Hall–Kier alpha value is -2.12.